The second-order valence-corrected chi connectivity index (χ2v) is 9.03. The summed E-state index contributed by atoms with van der Waals surface area (Å²) in [7, 11) is 1.62. The van der Waals surface area contributed by atoms with Gasteiger partial charge in [-0.3, -0.25) is 9.69 Å². The van der Waals surface area contributed by atoms with Gasteiger partial charge in [-0.05, 0) is 73.1 Å². The standard InChI is InChI=1S/C25H21BrN2O2S/c1-16-8-7-9-17(2)23(16)27-25-28(20-10-5-4-6-11-20)24(29)22(31-25)15-18-14-19(26)12-13-21(18)30-3/h4-15H,1-3H3/b22-15-,27-25?. The lowest BCUT2D eigenvalue weighted by Gasteiger charge is -2.16. The van der Waals surface area contributed by atoms with Crippen LogP contribution in [0.15, 0.2) is 81.1 Å². The maximum Gasteiger partial charge on any atom is 0.271 e. The van der Waals surface area contributed by atoms with Gasteiger partial charge in [0.15, 0.2) is 5.17 Å². The molecule has 31 heavy (non-hydrogen) atoms. The molecule has 0 saturated carbocycles. The van der Waals surface area contributed by atoms with Crippen LogP contribution >= 0.6 is 27.7 Å². The molecule has 1 aliphatic heterocycles. The Kier molecular flexibility index (Phi) is 6.30. The molecule has 0 unspecified atom stereocenters. The van der Waals surface area contributed by atoms with Crippen molar-refractivity contribution in [2.45, 2.75) is 13.8 Å². The Morgan fingerprint density at radius 1 is 1.00 bits per heavy atom. The third-order valence-electron chi connectivity index (χ3n) is 4.95. The number of para-hydroxylation sites is 2. The van der Waals surface area contributed by atoms with Crippen LogP contribution in [0.3, 0.4) is 0 Å². The first-order valence-corrected chi connectivity index (χ1v) is 11.4. The van der Waals surface area contributed by atoms with E-state index in [9.17, 15) is 4.79 Å². The molecule has 4 rings (SSSR count). The minimum absolute atomic E-state index is 0.108. The van der Waals surface area contributed by atoms with Gasteiger partial charge < -0.3 is 4.74 Å². The topological polar surface area (TPSA) is 41.9 Å². The lowest BCUT2D eigenvalue weighted by Crippen LogP contribution is -2.28. The first-order chi connectivity index (χ1) is 15.0. The van der Waals surface area contributed by atoms with Gasteiger partial charge in [-0.15, -0.1) is 0 Å². The largest absolute Gasteiger partial charge is 0.496 e. The number of benzene rings is 3. The smallest absolute Gasteiger partial charge is 0.271 e. The van der Waals surface area contributed by atoms with Gasteiger partial charge in [0.1, 0.15) is 5.75 Å². The molecule has 3 aromatic rings. The van der Waals surface area contributed by atoms with Crippen molar-refractivity contribution < 1.29 is 9.53 Å². The average molecular weight is 493 g/mol. The van der Waals surface area contributed by atoms with Crippen LogP contribution in [0.1, 0.15) is 16.7 Å². The normalized spacial score (nSPS) is 16.4. The molecule has 156 valence electrons. The zero-order chi connectivity index (χ0) is 22.0. The van der Waals surface area contributed by atoms with E-state index in [4.69, 9.17) is 9.73 Å². The van der Waals surface area contributed by atoms with Crippen molar-refractivity contribution in [3.8, 4) is 5.75 Å². The molecule has 6 heteroatoms. The number of anilines is 1. The van der Waals surface area contributed by atoms with Gasteiger partial charge >= 0.3 is 0 Å². The van der Waals surface area contributed by atoms with Crippen molar-refractivity contribution in [2.75, 3.05) is 12.0 Å². The fraction of sp³-hybridized carbons (Fsp3) is 0.120. The maximum atomic E-state index is 13.5. The van der Waals surface area contributed by atoms with Crippen molar-refractivity contribution >= 4 is 56.2 Å². The van der Waals surface area contributed by atoms with E-state index in [2.05, 4.69) is 15.9 Å². The van der Waals surface area contributed by atoms with E-state index >= 15 is 0 Å². The number of methoxy groups -OCH3 is 1. The van der Waals surface area contributed by atoms with Gasteiger partial charge in [0, 0.05) is 10.0 Å². The van der Waals surface area contributed by atoms with Crippen LogP contribution in [-0.2, 0) is 4.79 Å². The molecular weight excluding hydrogens is 472 g/mol. The molecule has 0 bridgehead atoms. The highest BCUT2D eigenvalue weighted by Crippen LogP contribution is 2.39. The highest BCUT2D eigenvalue weighted by Gasteiger charge is 2.35. The zero-order valence-corrected chi connectivity index (χ0v) is 19.8. The van der Waals surface area contributed by atoms with E-state index in [0.29, 0.717) is 15.8 Å². The predicted octanol–water partition coefficient (Wildman–Crippen LogP) is 6.88. The number of aryl methyl sites for hydroxylation is 2. The highest BCUT2D eigenvalue weighted by molar-refractivity contribution is 9.10. The van der Waals surface area contributed by atoms with E-state index in [-0.39, 0.29) is 5.91 Å². The molecule has 0 aliphatic carbocycles. The van der Waals surface area contributed by atoms with Gasteiger partial charge in [-0.1, -0.05) is 52.3 Å². The first-order valence-electron chi connectivity index (χ1n) is 9.75. The average Bonchev–Trinajstić information content (AvgIpc) is 3.06. The van der Waals surface area contributed by atoms with E-state index < -0.39 is 0 Å². The maximum absolute atomic E-state index is 13.5. The third kappa shape index (κ3) is 4.45. The SMILES string of the molecule is COc1ccc(Br)cc1/C=C1\SC(=Nc2c(C)cccc2C)N(c2ccccc2)C1=O. The number of halogens is 1. The van der Waals surface area contributed by atoms with Crippen molar-refractivity contribution in [3.05, 3.63) is 92.8 Å². The van der Waals surface area contributed by atoms with Gasteiger partial charge in [0.25, 0.3) is 5.91 Å². The molecule has 1 aliphatic rings. The molecule has 1 fully saturated rings. The number of amides is 1. The fourth-order valence-corrected chi connectivity index (χ4v) is 4.75. The quantitative estimate of drug-likeness (QED) is 0.372. The zero-order valence-electron chi connectivity index (χ0n) is 17.4. The minimum Gasteiger partial charge on any atom is -0.496 e. The lowest BCUT2D eigenvalue weighted by atomic mass is 10.1. The molecule has 1 amide bonds. The van der Waals surface area contributed by atoms with Crippen molar-refractivity contribution in [1.82, 2.24) is 0 Å². The summed E-state index contributed by atoms with van der Waals surface area (Å²) in [5, 5.41) is 0.633. The molecular formula is C25H21BrN2O2S. The number of hydrogen-bond acceptors (Lipinski definition) is 4. The Balaban J connectivity index is 1.84. The van der Waals surface area contributed by atoms with E-state index in [0.717, 1.165) is 32.5 Å². The molecule has 1 saturated heterocycles. The Hall–Kier alpha value is -2.83. The summed E-state index contributed by atoms with van der Waals surface area (Å²) in [6.45, 7) is 4.06. The van der Waals surface area contributed by atoms with E-state index in [1.54, 1.807) is 12.0 Å². The summed E-state index contributed by atoms with van der Waals surface area (Å²) < 4.78 is 6.40. The van der Waals surface area contributed by atoms with E-state index in [1.807, 2.05) is 86.7 Å². The van der Waals surface area contributed by atoms with Crippen molar-refractivity contribution in [3.63, 3.8) is 0 Å². The number of hydrogen-bond donors (Lipinski definition) is 0. The Morgan fingerprint density at radius 3 is 2.39 bits per heavy atom. The van der Waals surface area contributed by atoms with Crippen LogP contribution < -0.4 is 9.64 Å². The van der Waals surface area contributed by atoms with Crippen LogP contribution in [0.2, 0.25) is 0 Å². The van der Waals surface area contributed by atoms with Crippen LogP contribution in [0.25, 0.3) is 6.08 Å². The number of amidine groups is 1. The lowest BCUT2D eigenvalue weighted by molar-refractivity contribution is -0.113. The third-order valence-corrected chi connectivity index (χ3v) is 6.41. The molecule has 1 heterocycles. The number of rotatable bonds is 4. The second kappa shape index (κ2) is 9.12. The van der Waals surface area contributed by atoms with Gasteiger partial charge in [0.2, 0.25) is 0 Å². The molecule has 0 aromatic heterocycles. The predicted molar refractivity (Wildman–Crippen MR) is 133 cm³/mol. The minimum atomic E-state index is -0.108. The van der Waals surface area contributed by atoms with Crippen LogP contribution in [-0.4, -0.2) is 18.2 Å². The monoisotopic (exact) mass is 492 g/mol. The highest BCUT2D eigenvalue weighted by atomic mass is 79.9. The number of ether oxygens (including phenoxy) is 1. The second-order valence-electron chi connectivity index (χ2n) is 7.11. The number of nitrogens with zero attached hydrogens (tertiary/aromatic N) is 2. The first kappa shape index (κ1) is 21.4. The van der Waals surface area contributed by atoms with Crippen LogP contribution in [0, 0.1) is 13.8 Å². The summed E-state index contributed by atoms with van der Waals surface area (Å²) in [6, 6.07) is 21.4. The molecule has 3 aromatic carbocycles. The number of carbonyl (C=O) groups excluding carboxylic acids is 1. The van der Waals surface area contributed by atoms with Gasteiger partial charge in [0.05, 0.1) is 23.4 Å². The summed E-state index contributed by atoms with van der Waals surface area (Å²) in [5.41, 5.74) is 4.64. The number of aliphatic imine (C=N–C) groups is 1. The van der Waals surface area contributed by atoms with Gasteiger partial charge in [-0.25, -0.2) is 4.99 Å². The molecule has 0 spiro atoms. The summed E-state index contributed by atoms with van der Waals surface area (Å²) in [4.78, 5) is 20.7. The summed E-state index contributed by atoms with van der Waals surface area (Å²) in [5.74, 6) is 0.596. The summed E-state index contributed by atoms with van der Waals surface area (Å²) in [6.07, 6.45) is 1.86. The fourth-order valence-electron chi connectivity index (χ4n) is 3.39. The van der Waals surface area contributed by atoms with Crippen molar-refractivity contribution in [1.29, 1.82) is 0 Å². The van der Waals surface area contributed by atoms with Crippen LogP contribution in [0.4, 0.5) is 11.4 Å². The van der Waals surface area contributed by atoms with E-state index in [1.165, 1.54) is 11.8 Å². The van der Waals surface area contributed by atoms with Gasteiger partial charge in [-0.2, -0.15) is 0 Å². The van der Waals surface area contributed by atoms with Crippen molar-refractivity contribution in [2.24, 2.45) is 4.99 Å². The summed E-state index contributed by atoms with van der Waals surface area (Å²) >= 11 is 4.87. The molecule has 0 N–H and O–H groups in total. The Morgan fingerprint density at radius 2 is 1.71 bits per heavy atom. The molecule has 0 radical (unpaired) electrons. The number of carbonyl (C=O) groups is 1. The molecule has 0 atom stereocenters. The Labute approximate surface area is 194 Å². The Bertz CT molecular complexity index is 1190. The van der Waals surface area contributed by atoms with Crippen LogP contribution in [0.5, 0.6) is 5.75 Å². The molecule has 4 nitrogen and oxygen atoms in total. The number of thioether (sulfide) groups is 1.